The smallest absolute Gasteiger partial charge is 0.228 e. The Morgan fingerprint density at radius 1 is 1.45 bits per heavy atom. The van der Waals surface area contributed by atoms with Crippen LogP contribution in [0.2, 0.25) is 0 Å². The van der Waals surface area contributed by atoms with Gasteiger partial charge < -0.3 is 5.32 Å². The second-order valence-electron chi connectivity index (χ2n) is 5.41. The van der Waals surface area contributed by atoms with Gasteiger partial charge in [0.2, 0.25) is 5.91 Å². The van der Waals surface area contributed by atoms with E-state index >= 15 is 0 Å². The van der Waals surface area contributed by atoms with Crippen LogP contribution in [-0.2, 0) is 4.79 Å². The molecule has 2 heterocycles. The fourth-order valence-electron chi connectivity index (χ4n) is 2.11. The van der Waals surface area contributed by atoms with Gasteiger partial charge in [-0.25, -0.2) is 9.50 Å². The number of rotatable bonds is 3. The summed E-state index contributed by atoms with van der Waals surface area (Å²) in [5.74, 6) is 0.894. The average Bonchev–Trinajstić information content (AvgIpc) is 3.28. The van der Waals surface area contributed by atoms with Crippen LogP contribution in [0.15, 0.2) is 12.3 Å². The van der Waals surface area contributed by atoms with E-state index in [-0.39, 0.29) is 17.7 Å². The van der Waals surface area contributed by atoms with E-state index in [1.165, 1.54) is 0 Å². The Morgan fingerprint density at radius 3 is 2.68 bits per heavy atom. The van der Waals surface area contributed by atoms with Crippen molar-refractivity contribution in [3.8, 4) is 6.07 Å². The number of carbonyl (C=O) groups excluding carboxylic acids is 1. The molecule has 6 heteroatoms. The van der Waals surface area contributed by atoms with Crippen molar-refractivity contribution in [2.24, 2.45) is 5.92 Å². The lowest BCUT2D eigenvalue weighted by atomic mass is 10.1. The highest BCUT2D eigenvalue weighted by Gasteiger charge is 2.30. The van der Waals surface area contributed by atoms with E-state index in [1.54, 1.807) is 10.7 Å². The van der Waals surface area contributed by atoms with Crippen LogP contribution in [0.25, 0.3) is 5.65 Å². The molecular formula is C16H21N5O. The summed E-state index contributed by atoms with van der Waals surface area (Å²) in [6.07, 6.45) is 3.48. The average molecular weight is 299 g/mol. The number of imidazole rings is 1. The molecule has 0 saturated heterocycles. The number of carbonyl (C=O) groups is 1. The zero-order valence-electron chi connectivity index (χ0n) is 13.4. The number of aromatic nitrogens is 3. The van der Waals surface area contributed by atoms with Crippen LogP contribution in [0, 0.1) is 17.2 Å². The Labute approximate surface area is 130 Å². The number of nitrogens with zero attached hydrogens (tertiary/aromatic N) is 4. The third kappa shape index (κ3) is 3.25. The first-order chi connectivity index (χ1) is 10.6. The Balaban J connectivity index is 0.000000847. The lowest BCUT2D eigenvalue weighted by molar-refractivity contribution is -0.117. The lowest BCUT2D eigenvalue weighted by Crippen LogP contribution is -2.16. The minimum absolute atomic E-state index is 0.0205. The Hall–Kier alpha value is -2.42. The van der Waals surface area contributed by atoms with Crippen LogP contribution in [0.1, 0.15) is 57.7 Å². The Morgan fingerprint density at radius 2 is 2.14 bits per heavy atom. The summed E-state index contributed by atoms with van der Waals surface area (Å²) in [6, 6.07) is 3.85. The van der Waals surface area contributed by atoms with Gasteiger partial charge in [0.25, 0.3) is 0 Å². The highest BCUT2D eigenvalue weighted by atomic mass is 16.2. The molecule has 1 N–H and O–H groups in total. The monoisotopic (exact) mass is 299 g/mol. The zero-order valence-corrected chi connectivity index (χ0v) is 13.4. The standard InChI is InChI=1S/C14H15N5O.C2H6/c1-8(2)11-5-12(17-14(20)9-3-4-9)18-19-7-10(6-15)16-13(11)19;1-2/h5,7-9H,3-4H2,1-2H3,(H,17,18,20);1-2H3. The lowest BCUT2D eigenvalue weighted by Gasteiger charge is -2.10. The van der Waals surface area contributed by atoms with E-state index in [0.29, 0.717) is 17.2 Å². The van der Waals surface area contributed by atoms with Crippen LogP contribution >= 0.6 is 0 Å². The second-order valence-corrected chi connectivity index (χ2v) is 5.41. The second kappa shape index (κ2) is 6.56. The van der Waals surface area contributed by atoms with E-state index in [9.17, 15) is 4.79 Å². The number of hydrogen-bond acceptors (Lipinski definition) is 4. The molecule has 0 unspecified atom stereocenters. The molecule has 0 aliphatic heterocycles. The maximum Gasteiger partial charge on any atom is 0.228 e. The van der Waals surface area contributed by atoms with Crippen molar-refractivity contribution >= 4 is 17.4 Å². The molecule has 1 fully saturated rings. The maximum absolute atomic E-state index is 11.8. The van der Waals surface area contributed by atoms with E-state index < -0.39 is 0 Å². The van der Waals surface area contributed by atoms with Crippen LogP contribution in [0.4, 0.5) is 5.82 Å². The van der Waals surface area contributed by atoms with Crippen LogP contribution in [0.3, 0.4) is 0 Å². The third-order valence-electron chi connectivity index (χ3n) is 3.39. The van der Waals surface area contributed by atoms with Crippen LogP contribution in [-0.4, -0.2) is 20.5 Å². The largest absolute Gasteiger partial charge is 0.309 e. The summed E-state index contributed by atoms with van der Waals surface area (Å²) in [6.45, 7) is 8.09. The molecule has 6 nitrogen and oxygen atoms in total. The van der Waals surface area contributed by atoms with Gasteiger partial charge in [0.1, 0.15) is 6.07 Å². The van der Waals surface area contributed by atoms with Crippen molar-refractivity contribution in [1.29, 1.82) is 5.26 Å². The third-order valence-corrected chi connectivity index (χ3v) is 3.39. The minimum atomic E-state index is 0.0205. The number of amides is 1. The molecule has 0 aromatic carbocycles. The van der Waals surface area contributed by atoms with Crippen molar-refractivity contribution < 1.29 is 4.79 Å². The molecule has 0 atom stereocenters. The van der Waals surface area contributed by atoms with Gasteiger partial charge in [-0.3, -0.25) is 4.79 Å². The predicted octanol–water partition coefficient (Wildman–Crippen LogP) is 3.10. The number of fused-ring (bicyclic) bond motifs is 1. The van der Waals surface area contributed by atoms with Gasteiger partial charge in [0.05, 0.1) is 6.20 Å². The van der Waals surface area contributed by atoms with Crippen molar-refractivity contribution in [2.45, 2.75) is 46.5 Å². The summed E-state index contributed by atoms with van der Waals surface area (Å²) in [7, 11) is 0. The molecule has 3 rings (SSSR count). The minimum Gasteiger partial charge on any atom is -0.309 e. The maximum atomic E-state index is 11.8. The van der Waals surface area contributed by atoms with E-state index in [4.69, 9.17) is 5.26 Å². The Bertz CT molecular complexity index is 722. The van der Waals surface area contributed by atoms with Crippen LogP contribution in [0.5, 0.6) is 0 Å². The molecule has 2 aromatic rings. The van der Waals surface area contributed by atoms with E-state index in [1.807, 2.05) is 39.8 Å². The molecule has 0 spiro atoms. The van der Waals surface area contributed by atoms with Gasteiger partial charge in [-0.05, 0) is 24.8 Å². The zero-order chi connectivity index (χ0) is 16.3. The summed E-state index contributed by atoms with van der Waals surface area (Å²) < 4.78 is 1.57. The first kappa shape index (κ1) is 16.0. The van der Waals surface area contributed by atoms with Gasteiger partial charge in [0, 0.05) is 11.5 Å². The number of hydrogen-bond donors (Lipinski definition) is 1. The highest BCUT2D eigenvalue weighted by molar-refractivity contribution is 5.93. The molecule has 116 valence electrons. The fraction of sp³-hybridized carbons (Fsp3) is 0.500. The normalized spacial score (nSPS) is 13.5. The molecule has 2 aromatic heterocycles. The molecule has 1 aliphatic rings. The Kier molecular flexibility index (Phi) is 4.76. The predicted molar refractivity (Wildman–Crippen MR) is 84.5 cm³/mol. The van der Waals surface area contributed by atoms with Gasteiger partial charge in [-0.1, -0.05) is 27.7 Å². The molecule has 1 saturated carbocycles. The first-order valence-electron chi connectivity index (χ1n) is 7.69. The van der Waals surface area contributed by atoms with Crippen LogP contribution < -0.4 is 5.32 Å². The first-order valence-corrected chi connectivity index (χ1v) is 7.69. The summed E-state index contributed by atoms with van der Waals surface area (Å²) in [4.78, 5) is 16.1. The fourth-order valence-corrected chi connectivity index (χ4v) is 2.11. The van der Waals surface area contributed by atoms with Crippen molar-refractivity contribution in [1.82, 2.24) is 14.6 Å². The topological polar surface area (TPSA) is 83.1 Å². The van der Waals surface area contributed by atoms with Gasteiger partial charge in [-0.2, -0.15) is 5.26 Å². The molecule has 22 heavy (non-hydrogen) atoms. The summed E-state index contributed by atoms with van der Waals surface area (Å²) in [5.41, 5.74) is 1.96. The molecule has 0 radical (unpaired) electrons. The van der Waals surface area contributed by atoms with Crippen molar-refractivity contribution in [2.75, 3.05) is 5.32 Å². The van der Waals surface area contributed by atoms with Gasteiger partial charge in [0.15, 0.2) is 17.2 Å². The van der Waals surface area contributed by atoms with E-state index in [2.05, 4.69) is 15.4 Å². The van der Waals surface area contributed by atoms with Gasteiger partial charge in [-0.15, -0.1) is 5.10 Å². The summed E-state index contributed by atoms with van der Waals surface area (Å²) in [5, 5.41) is 16.1. The quantitative estimate of drug-likeness (QED) is 0.944. The summed E-state index contributed by atoms with van der Waals surface area (Å²) >= 11 is 0. The molecule has 1 amide bonds. The van der Waals surface area contributed by atoms with Gasteiger partial charge >= 0.3 is 0 Å². The SMILES string of the molecule is CC.CC(C)c1cc(NC(=O)C2CC2)nn2cc(C#N)nc12. The van der Waals surface area contributed by atoms with Crippen molar-refractivity contribution in [3.63, 3.8) is 0 Å². The highest BCUT2D eigenvalue weighted by Crippen LogP contribution is 2.30. The molecule has 1 aliphatic carbocycles. The van der Waals surface area contributed by atoms with Crippen molar-refractivity contribution in [3.05, 3.63) is 23.5 Å². The number of nitrogens with one attached hydrogen (secondary N) is 1. The molecule has 0 bridgehead atoms. The number of anilines is 1. The van der Waals surface area contributed by atoms with E-state index in [0.717, 1.165) is 18.4 Å². The molecular weight excluding hydrogens is 278 g/mol. The number of nitriles is 1.